The van der Waals surface area contributed by atoms with Gasteiger partial charge in [0.25, 0.3) is 0 Å². The number of Topliss-reactive ketones (excluding diaryl/α,β-unsaturated/α-hetero) is 1. The predicted molar refractivity (Wildman–Crippen MR) is 102 cm³/mol. The summed E-state index contributed by atoms with van der Waals surface area (Å²) in [5.74, 6) is -0.961. The van der Waals surface area contributed by atoms with Crippen molar-refractivity contribution in [3.63, 3.8) is 0 Å². The molecule has 0 bridgehead atoms. The van der Waals surface area contributed by atoms with Crippen molar-refractivity contribution in [1.29, 1.82) is 0 Å². The molecule has 0 aliphatic heterocycles. The number of esters is 1. The average Bonchev–Trinajstić information content (AvgIpc) is 3.29. The van der Waals surface area contributed by atoms with Gasteiger partial charge in [-0.2, -0.15) is 5.10 Å². The SMILES string of the molecule is CCOC(=O)C(=Cc1cn(-c2ccccc2)nc1-c1cccs1)C(C)=O. The lowest BCUT2D eigenvalue weighted by molar-refractivity contribution is -0.139. The standard InChI is InChI=1S/C20H18N2O3S/c1-3-25-20(24)17(14(2)23)12-15-13-22(16-8-5-4-6-9-16)21-19(15)18-10-7-11-26-18/h4-13H,3H2,1-2H3. The molecule has 0 spiro atoms. The molecule has 0 amide bonds. The van der Waals surface area contributed by atoms with Gasteiger partial charge in [-0.3, -0.25) is 4.79 Å². The fourth-order valence-electron chi connectivity index (χ4n) is 2.48. The number of aromatic nitrogens is 2. The Hall–Kier alpha value is -2.99. The quantitative estimate of drug-likeness (QED) is 0.285. The summed E-state index contributed by atoms with van der Waals surface area (Å²) in [5.41, 5.74) is 2.31. The first-order valence-electron chi connectivity index (χ1n) is 8.19. The highest BCUT2D eigenvalue weighted by atomic mass is 32.1. The Balaban J connectivity index is 2.13. The number of ketones is 1. The van der Waals surface area contributed by atoms with E-state index in [0.29, 0.717) is 11.3 Å². The van der Waals surface area contributed by atoms with Crippen LogP contribution >= 0.6 is 11.3 Å². The van der Waals surface area contributed by atoms with Gasteiger partial charge in [-0.25, -0.2) is 9.48 Å². The number of benzene rings is 1. The molecule has 0 aliphatic carbocycles. The summed E-state index contributed by atoms with van der Waals surface area (Å²) in [6.07, 6.45) is 3.37. The zero-order chi connectivity index (χ0) is 18.5. The molecule has 0 saturated heterocycles. The molecule has 0 atom stereocenters. The van der Waals surface area contributed by atoms with Crippen LogP contribution in [0.1, 0.15) is 19.4 Å². The van der Waals surface area contributed by atoms with Crippen LogP contribution in [0.2, 0.25) is 0 Å². The number of ether oxygens (including phenoxy) is 1. The fourth-order valence-corrected chi connectivity index (χ4v) is 3.21. The van der Waals surface area contributed by atoms with Crippen molar-refractivity contribution < 1.29 is 14.3 Å². The average molecular weight is 366 g/mol. The molecule has 0 radical (unpaired) electrons. The van der Waals surface area contributed by atoms with Gasteiger partial charge in [-0.15, -0.1) is 11.3 Å². The summed E-state index contributed by atoms with van der Waals surface area (Å²) >= 11 is 1.55. The molecular formula is C20H18N2O3S. The number of hydrogen-bond acceptors (Lipinski definition) is 5. The molecule has 3 rings (SSSR count). The molecular weight excluding hydrogens is 348 g/mol. The smallest absolute Gasteiger partial charge is 0.341 e. The molecule has 3 aromatic rings. The lowest BCUT2D eigenvalue weighted by Crippen LogP contribution is -2.13. The lowest BCUT2D eigenvalue weighted by atomic mass is 10.1. The van der Waals surface area contributed by atoms with Crippen molar-refractivity contribution in [2.75, 3.05) is 6.61 Å². The van der Waals surface area contributed by atoms with Crippen LogP contribution < -0.4 is 0 Å². The Morgan fingerprint density at radius 1 is 1.19 bits per heavy atom. The van der Waals surface area contributed by atoms with Gasteiger partial charge < -0.3 is 4.74 Å². The maximum atomic E-state index is 12.1. The van der Waals surface area contributed by atoms with Crippen LogP contribution in [-0.2, 0) is 14.3 Å². The summed E-state index contributed by atoms with van der Waals surface area (Å²) in [4.78, 5) is 25.0. The van der Waals surface area contributed by atoms with Crippen molar-refractivity contribution in [3.8, 4) is 16.3 Å². The molecule has 0 fully saturated rings. The van der Waals surface area contributed by atoms with Crippen molar-refractivity contribution in [2.45, 2.75) is 13.8 Å². The lowest BCUT2D eigenvalue weighted by Gasteiger charge is -2.03. The van der Waals surface area contributed by atoms with Crippen LogP contribution in [0.15, 0.2) is 59.6 Å². The normalized spacial score (nSPS) is 11.4. The number of carbonyl (C=O) groups is 2. The van der Waals surface area contributed by atoms with Crippen LogP contribution in [0, 0.1) is 0 Å². The number of nitrogens with zero attached hydrogens (tertiary/aromatic N) is 2. The van der Waals surface area contributed by atoms with Crippen molar-refractivity contribution in [1.82, 2.24) is 9.78 Å². The van der Waals surface area contributed by atoms with Crippen LogP contribution in [0.4, 0.5) is 0 Å². The van der Waals surface area contributed by atoms with Gasteiger partial charge in [-0.1, -0.05) is 24.3 Å². The molecule has 2 aromatic heterocycles. The molecule has 0 aliphatic rings. The summed E-state index contributed by atoms with van der Waals surface area (Å²) in [6.45, 7) is 3.28. The third-order valence-corrected chi connectivity index (χ3v) is 4.57. The minimum Gasteiger partial charge on any atom is -0.462 e. The van der Waals surface area contributed by atoms with Gasteiger partial charge in [0, 0.05) is 11.8 Å². The second-order valence-corrected chi connectivity index (χ2v) is 6.47. The summed E-state index contributed by atoms with van der Waals surface area (Å²) in [5, 5.41) is 6.62. The van der Waals surface area contributed by atoms with E-state index in [1.54, 1.807) is 29.0 Å². The summed E-state index contributed by atoms with van der Waals surface area (Å²) in [6, 6.07) is 13.6. The minimum atomic E-state index is -0.621. The van der Waals surface area contributed by atoms with E-state index in [0.717, 1.165) is 10.6 Å². The third kappa shape index (κ3) is 3.81. The van der Waals surface area contributed by atoms with E-state index in [9.17, 15) is 9.59 Å². The first kappa shape index (κ1) is 17.8. The Bertz CT molecular complexity index is 941. The van der Waals surface area contributed by atoms with Crippen LogP contribution in [0.3, 0.4) is 0 Å². The molecule has 6 heteroatoms. The van der Waals surface area contributed by atoms with E-state index in [2.05, 4.69) is 5.10 Å². The highest BCUT2D eigenvalue weighted by molar-refractivity contribution is 7.13. The van der Waals surface area contributed by atoms with Gasteiger partial charge in [0.15, 0.2) is 5.78 Å². The predicted octanol–water partition coefficient (Wildman–Crippen LogP) is 4.14. The van der Waals surface area contributed by atoms with Crippen molar-refractivity contribution >= 4 is 29.2 Å². The molecule has 2 heterocycles. The zero-order valence-electron chi connectivity index (χ0n) is 14.5. The third-order valence-electron chi connectivity index (χ3n) is 3.69. The maximum absolute atomic E-state index is 12.1. The number of thiophene rings is 1. The first-order valence-corrected chi connectivity index (χ1v) is 9.07. The first-order chi connectivity index (χ1) is 12.6. The van der Waals surface area contributed by atoms with Gasteiger partial charge in [-0.05, 0) is 43.5 Å². The van der Waals surface area contributed by atoms with E-state index in [-0.39, 0.29) is 18.0 Å². The number of rotatable bonds is 6. The maximum Gasteiger partial charge on any atom is 0.341 e. The fraction of sp³-hybridized carbons (Fsp3) is 0.150. The second kappa shape index (κ2) is 7.93. The zero-order valence-corrected chi connectivity index (χ0v) is 15.3. The Morgan fingerprint density at radius 3 is 2.58 bits per heavy atom. The largest absolute Gasteiger partial charge is 0.462 e. The molecule has 1 aromatic carbocycles. The second-order valence-electron chi connectivity index (χ2n) is 5.53. The number of hydrogen-bond donors (Lipinski definition) is 0. The topological polar surface area (TPSA) is 61.2 Å². The Morgan fingerprint density at radius 2 is 1.96 bits per heavy atom. The molecule has 26 heavy (non-hydrogen) atoms. The Kier molecular flexibility index (Phi) is 5.43. The monoisotopic (exact) mass is 366 g/mol. The highest BCUT2D eigenvalue weighted by Crippen LogP contribution is 2.29. The summed E-state index contributed by atoms with van der Waals surface area (Å²) < 4.78 is 6.75. The van der Waals surface area contributed by atoms with Crippen molar-refractivity contribution in [2.24, 2.45) is 0 Å². The summed E-state index contributed by atoms with van der Waals surface area (Å²) in [7, 11) is 0. The highest BCUT2D eigenvalue weighted by Gasteiger charge is 2.19. The van der Waals surface area contributed by atoms with E-state index in [1.165, 1.54) is 6.92 Å². The van der Waals surface area contributed by atoms with E-state index in [4.69, 9.17) is 4.74 Å². The Labute approximate surface area is 155 Å². The molecule has 0 N–H and O–H groups in total. The minimum absolute atomic E-state index is 0.0114. The van der Waals surface area contributed by atoms with E-state index in [1.807, 2.05) is 54.0 Å². The number of carbonyl (C=O) groups excluding carboxylic acids is 2. The number of para-hydroxylation sites is 1. The molecule has 0 saturated carbocycles. The van der Waals surface area contributed by atoms with Gasteiger partial charge >= 0.3 is 5.97 Å². The van der Waals surface area contributed by atoms with Crippen LogP contribution in [-0.4, -0.2) is 28.1 Å². The molecule has 0 unspecified atom stereocenters. The van der Waals surface area contributed by atoms with E-state index >= 15 is 0 Å². The van der Waals surface area contributed by atoms with Gasteiger partial charge in [0.1, 0.15) is 11.3 Å². The van der Waals surface area contributed by atoms with Crippen molar-refractivity contribution in [3.05, 3.63) is 65.2 Å². The molecule has 5 nitrogen and oxygen atoms in total. The van der Waals surface area contributed by atoms with Gasteiger partial charge in [0.05, 0.1) is 17.2 Å². The van der Waals surface area contributed by atoms with E-state index < -0.39 is 5.97 Å². The van der Waals surface area contributed by atoms with Crippen LogP contribution in [0.5, 0.6) is 0 Å². The van der Waals surface area contributed by atoms with Gasteiger partial charge in [0.2, 0.25) is 0 Å². The molecule has 132 valence electrons. The van der Waals surface area contributed by atoms with Crippen LogP contribution in [0.25, 0.3) is 22.3 Å².